The monoisotopic (exact) mass is 916 g/mol. The highest BCUT2D eigenvalue weighted by atomic mass is 79.9. The third-order valence-electron chi connectivity index (χ3n) is 8.76. The van der Waals surface area contributed by atoms with Crippen LogP contribution in [0, 0.1) is 13.8 Å². The first-order valence-corrected chi connectivity index (χ1v) is 18.7. The van der Waals surface area contributed by atoms with Crippen LogP contribution in [0.3, 0.4) is 0 Å². The molecule has 2 aromatic carbocycles. The number of thiazole rings is 2. The standard InChI is InChI=1S/C38H50N2O10S2.2BrH/c1-25-31(51-23-39(25)21-27-13-15-29(43-3)37(47-7)35(27)45-5)17-19-49-33(41)11-9-10-12-34(42)50-20-18-32-26(2)40(24-52-32)22-28-14-16-30(44-4)38(48-8)36(28)46-6;;/h13-16,23-24H,9-12,17-22H2,1-8H3;2*1H/q+2;;/p-2. The number of hydrogen-bond acceptors (Lipinski definition) is 12. The number of carbonyl (C=O) groups is 2. The minimum Gasteiger partial charge on any atom is -1.00 e. The molecule has 0 aliphatic heterocycles. The molecule has 0 aliphatic carbocycles. The van der Waals surface area contributed by atoms with Crippen LogP contribution in [0.15, 0.2) is 35.3 Å². The number of nitrogens with zero attached hydrogens (tertiary/aromatic N) is 2. The van der Waals surface area contributed by atoms with Crippen molar-refractivity contribution in [1.29, 1.82) is 0 Å². The minimum absolute atomic E-state index is 0. The van der Waals surface area contributed by atoms with Crippen molar-refractivity contribution in [2.24, 2.45) is 0 Å². The molecule has 4 rings (SSSR count). The van der Waals surface area contributed by atoms with Gasteiger partial charge in [0.15, 0.2) is 47.5 Å². The number of benzene rings is 2. The first-order chi connectivity index (χ1) is 25.2. The highest BCUT2D eigenvalue weighted by Gasteiger charge is 2.24. The maximum Gasteiger partial charge on any atom is 0.305 e. The van der Waals surface area contributed by atoms with Crippen LogP contribution in [0.1, 0.15) is 58.0 Å². The smallest absolute Gasteiger partial charge is 0.305 e. The Morgan fingerprint density at radius 2 is 0.926 bits per heavy atom. The van der Waals surface area contributed by atoms with Crippen LogP contribution in [0.4, 0.5) is 0 Å². The summed E-state index contributed by atoms with van der Waals surface area (Å²) in [6.45, 7) is 5.89. The zero-order valence-electron chi connectivity index (χ0n) is 32.1. The first kappa shape index (κ1) is 46.6. The van der Waals surface area contributed by atoms with Crippen LogP contribution >= 0.6 is 22.7 Å². The molecule has 0 atom stereocenters. The molecule has 0 amide bonds. The zero-order chi connectivity index (χ0) is 37.6. The fourth-order valence-corrected chi connectivity index (χ4v) is 7.79. The Hall–Kier alpha value is -3.60. The molecule has 0 N–H and O–H groups in total. The van der Waals surface area contributed by atoms with E-state index in [1.807, 2.05) is 24.3 Å². The number of unbranched alkanes of at least 4 members (excludes halogenated alkanes) is 1. The lowest BCUT2D eigenvalue weighted by molar-refractivity contribution is -0.689. The molecule has 12 nitrogen and oxygen atoms in total. The Kier molecular flexibility index (Phi) is 20.1. The van der Waals surface area contributed by atoms with Crippen LogP contribution in [-0.2, 0) is 45.0 Å². The van der Waals surface area contributed by atoms with E-state index < -0.39 is 0 Å². The van der Waals surface area contributed by atoms with Crippen LogP contribution in [0.25, 0.3) is 0 Å². The van der Waals surface area contributed by atoms with Gasteiger partial charge in [0.2, 0.25) is 22.5 Å². The van der Waals surface area contributed by atoms with Gasteiger partial charge in [-0.3, -0.25) is 9.59 Å². The molecule has 16 heteroatoms. The van der Waals surface area contributed by atoms with E-state index in [0.29, 0.717) is 86.5 Å². The molecule has 298 valence electrons. The predicted octanol–water partition coefficient (Wildman–Crippen LogP) is -0.410. The first-order valence-electron chi connectivity index (χ1n) is 17.0. The second kappa shape index (κ2) is 23.3. The number of hydrogen-bond donors (Lipinski definition) is 0. The van der Waals surface area contributed by atoms with Crippen LogP contribution < -0.4 is 71.5 Å². The number of rotatable bonds is 21. The molecule has 0 spiro atoms. The molecule has 0 unspecified atom stereocenters. The second-order valence-electron chi connectivity index (χ2n) is 11.9. The van der Waals surface area contributed by atoms with Crippen molar-refractivity contribution in [2.75, 3.05) is 55.9 Å². The fourth-order valence-electron chi connectivity index (χ4n) is 5.84. The number of aromatic nitrogens is 2. The van der Waals surface area contributed by atoms with Crippen molar-refractivity contribution in [3.05, 3.63) is 67.6 Å². The molecule has 2 heterocycles. The predicted molar refractivity (Wildman–Crippen MR) is 197 cm³/mol. The Labute approximate surface area is 346 Å². The van der Waals surface area contributed by atoms with Crippen molar-refractivity contribution in [2.45, 2.75) is 65.5 Å². The van der Waals surface area contributed by atoms with Crippen molar-refractivity contribution < 1.29 is 90.6 Å². The maximum absolute atomic E-state index is 12.4. The van der Waals surface area contributed by atoms with Gasteiger partial charge in [-0.15, -0.1) is 0 Å². The summed E-state index contributed by atoms with van der Waals surface area (Å²) in [7, 11) is 9.60. The molecular weight excluding hydrogens is 868 g/mol. The Balaban J connectivity index is 0.00000504. The molecule has 4 aromatic rings. The molecule has 0 bridgehead atoms. The average Bonchev–Trinajstić information content (AvgIpc) is 3.68. The van der Waals surface area contributed by atoms with Gasteiger partial charge in [0.25, 0.3) is 0 Å². The SMILES string of the molecule is COc1ccc(C[n+]2csc(CCOC(=O)CCCCC(=O)OCCc3sc[n+](Cc4ccc(OC)c(OC)c4OC)c3C)c2C)c(OC)c1OC.[Br-].[Br-]. The molecule has 54 heavy (non-hydrogen) atoms. The largest absolute Gasteiger partial charge is 1.00 e. The lowest BCUT2D eigenvalue weighted by Gasteiger charge is -2.14. The lowest BCUT2D eigenvalue weighted by atomic mass is 10.1. The van der Waals surface area contributed by atoms with Gasteiger partial charge in [-0.25, -0.2) is 0 Å². The van der Waals surface area contributed by atoms with Crippen LogP contribution in [0.2, 0.25) is 0 Å². The van der Waals surface area contributed by atoms with Crippen molar-refractivity contribution in [3.63, 3.8) is 0 Å². The Bertz CT molecular complexity index is 1690. The van der Waals surface area contributed by atoms with E-state index >= 15 is 0 Å². The fraction of sp³-hybridized carbons (Fsp3) is 0.474. The average molecular weight is 919 g/mol. The molecule has 0 fully saturated rings. The van der Waals surface area contributed by atoms with E-state index in [0.717, 1.165) is 32.3 Å². The molecule has 2 aromatic heterocycles. The highest BCUT2D eigenvalue weighted by Crippen LogP contribution is 2.40. The summed E-state index contributed by atoms with van der Waals surface area (Å²) in [4.78, 5) is 27.0. The minimum atomic E-state index is -0.266. The topological polar surface area (TPSA) is 116 Å². The molecule has 0 radical (unpaired) electrons. The van der Waals surface area contributed by atoms with Gasteiger partial charge in [0.05, 0.1) is 76.8 Å². The summed E-state index contributed by atoms with van der Waals surface area (Å²) >= 11 is 3.25. The van der Waals surface area contributed by atoms with Gasteiger partial charge < -0.3 is 71.9 Å². The van der Waals surface area contributed by atoms with E-state index in [-0.39, 0.29) is 58.7 Å². The van der Waals surface area contributed by atoms with Gasteiger partial charge in [-0.1, -0.05) is 22.7 Å². The van der Waals surface area contributed by atoms with Crippen molar-refractivity contribution >= 4 is 34.6 Å². The van der Waals surface area contributed by atoms with Crippen LogP contribution in [0.5, 0.6) is 34.5 Å². The van der Waals surface area contributed by atoms with Gasteiger partial charge in [0.1, 0.15) is 0 Å². The number of methoxy groups -OCH3 is 6. The van der Waals surface area contributed by atoms with Gasteiger partial charge in [0, 0.05) is 39.5 Å². The summed E-state index contributed by atoms with van der Waals surface area (Å²) in [6, 6.07) is 7.67. The third-order valence-corrected chi connectivity index (χ3v) is 11.0. The van der Waals surface area contributed by atoms with Gasteiger partial charge in [-0.2, -0.15) is 9.13 Å². The summed E-state index contributed by atoms with van der Waals surface area (Å²) in [5.41, 5.74) is 8.23. The summed E-state index contributed by atoms with van der Waals surface area (Å²) < 4.78 is 48.4. The maximum atomic E-state index is 12.4. The number of halogens is 2. The number of carbonyl (C=O) groups excluding carboxylic acids is 2. The molecule has 0 saturated carbocycles. The number of esters is 2. The lowest BCUT2D eigenvalue weighted by Crippen LogP contribution is -3.00. The van der Waals surface area contributed by atoms with E-state index in [4.69, 9.17) is 37.9 Å². The Morgan fingerprint density at radius 3 is 1.26 bits per heavy atom. The second-order valence-corrected chi connectivity index (χ2v) is 13.7. The van der Waals surface area contributed by atoms with Gasteiger partial charge in [-0.05, 0) is 37.1 Å². The van der Waals surface area contributed by atoms with Crippen LogP contribution in [-0.4, -0.2) is 67.8 Å². The quantitative estimate of drug-likeness (QED) is 0.0622. The van der Waals surface area contributed by atoms with Gasteiger partial charge >= 0.3 is 11.9 Å². The summed E-state index contributed by atoms with van der Waals surface area (Å²) in [5, 5.41) is 0. The highest BCUT2D eigenvalue weighted by molar-refractivity contribution is 7.09. The normalized spacial score (nSPS) is 10.4. The van der Waals surface area contributed by atoms with E-state index in [9.17, 15) is 9.59 Å². The van der Waals surface area contributed by atoms with Crippen molar-refractivity contribution in [1.82, 2.24) is 0 Å². The summed E-state index contributed by atoms with van der Waals surface area (Å²) in [5.74, 6) is 3.08. The third kappa shape index (κ3) is 11.9. The Morgan fingerprint density at radius 1 is 0.556 bits per heavy atom. The van der Waals surface area contributed by atoms with E-state index in [1.54, 1.807) is 65.3 Å². The van der Waals surface area contributed by atoms with E-state index in [2.05, 4.69) is 34.0 Å². The molecular formula is C38H50Br2N2O10S2. The summed E-state index contributed by atoms with van der Waals surface area (Å²) in [6.07, 6.45) is 2.88. The zero-order valence-corrected chi connectivity index (χ0v) is 36.9. The van der Waals surface area contributed by atoms with E-state index in [1.165, 1.54) is 0 Å². The molecule has 0 aliphatic rings. The molecule has 0 saturated heterocycles. The van der Waals surface area contributed by atoms with Crippen molar-refractivity contribution in [3.8, 4) is 34.5 Å². The number of ether oxygens (including phenoxy) is 8.